The zero-order valence-electron chi connectivity index (χ0n) is 48.1. The topological polar surface area (TPSA) is 53.3 Å². The lowest BCUT2D eigenvalue weighted by Gasteiger charge is -2.29. The maximum atomic E-state index is 4.81. The third-order valence-electron chi connectivity index (χ3n) is 17.3. The van der Waals surface area contributed by atoms with Crippen molar-refractivity contribution in [1.29, 1.82) is 0 Å². The third kappa shape index (κ3) is 9.00. The fourth-order valence-corrected chi connectivity index (χ4v) is 14.4. The van der Waals surface area contributed by atoms with E-state index in [0.717, 1.165) is 112 Å². The van der Waals surface area contributed by atoms with Gasteiger partial charge < -0.3 is 19.3 Å². The highest BCUT2D eigenvalue weighted by molar-refractivity contribution is 7.25. The summed E-state index contributed by atoms with van der Waals surface area (Å²) in [4.78, 5) is 21.0. The highest BCUT2D eigenvalue weighted by Gasteiger charge is 2.25. The molecule has 418 valence electrons. The van der Waals surface area contributed by atoms with E-state index in [4.69, 9.17) is 4.98 Å². The van der Waals surface area contributed by atoms with Crippen LogP contribution in [-0.2, 0) is 0 Å². The number of hydrogen-bond acceptors (Lipinski definition) is 7. The molecule has 89 heavy (non-hydrogen) atoms. The van der Waals surface area contributed by atoms with E-state index in [0.29, 0.717) is 0 Å². The van der Waals surface area contributed by atoms with E-state index in [-0.39, 0.29) is 0 Å². The Bertz CT molecular complexity index is 5420. The lowest BCUT2D eigenvalue weighted by atomic mass is 9.93. The normalized spacial score (nSPS) is 11.6. The Morgan fingerprint density at radius 1 is 0.303 bits per heavy atom. The lowest BCUT2D eigenvalue weighted by Crippen LogP contribution is -2.11. The molecule has 8 heteroatoms. The SMILES string of the molecule is c1ccc(N(c2ccccc2)c2cc3sc4ccc(-c5ccc(N(c6ccc7c(ccc8ccccc87)c6)c6ccc7c8ncncc8n(-c8ccccc8)c7c6)cc5)cc4c3cc2-c2cccc3c(N(c4ccccc4)c4cccnc4)cccc23)cc1. The van der Waals surface area contributed by atoms with E-state index in [1.165, 1.54) is 41.7 Å². The average Bonchev–Trinajstić information content (AvgIpc) is 1.84. The molecule has 0 unspecified atom stereocenters. The monoisotopic (exact) mass is 1160 g/mol. The molecular weight excluding hydrogens is 1100 g/mol. The number of para-hydroxylation sites is 4. The predicted octanol–water partition coefficient (Wildman–Crippen LogP) is 22.5. The second-order valence-electron chi connectivity index (χ2n) is 22.4. The summed E-state index contributed by atoms with van der Waals surface area (Å²) < 4.78 is 4.72. The van der Waals surface area contributed by atoms with Gasteiger partial charge >= 0.3 is 0 Å². The van der Waals surface area contributed by atoms with E-state index in [1.54, 1.807) is 6.33 Å². The summed E-state index contributed by atoms with van der Waals surface area (Å²) in [5, 5.41) is 10.7. The summed E-state index contributed by atoms with van der Waals surface area (Å²) >= 11 is 1.85. The molecule has 0 aliphatic rings. The molecule has 17 aromatic rings. The minimum atomic E-state index is 0.919. The summed E-state index contributed by atoms with van der Waals surface area (Å²) in [7, 11) is 0. The number of aromatic nitrogens is 4. The number of anilines is 9. The Hall–Kier alpha value is -11.7. The van der Waals surface area contributed by atoms with Crippen molar-refractivity contribution in [3.63, 3.8) is 0 Å². The van der Waals surface area contributed by atoms with Crippen molar-refractivity contribution in [3.8, 4) is 27.9 Å². The van der Waals surface area contributed by atoms with Gasteiger partial charge in [0.1, 0.15) is 6.33 Å². The van der Waals surface area contributed by atoms with Crippen LogP contribution in [0.4, 0.5) is 51.2 Å². The van der Waals surface area contributed by atoms with Crippen molar-refractivity contribution in [1.82, 2.24) is 19.5 Å². The largest absolute Gasteiger partial charge is 0.310 e. The molecule has 17 rings (SSSR count). The van der Waals surface area contributed by atoms with Crippen LogP contribution in [0.1, 0.15) is 0 Å². The first kappa shape index (κ1) is 51.7. The van der Waals surface area contributed by atoms with Crippen LogP contribution in [0.2, 0.25) is 0 Å². The van der Waals surface area contributed by atoms with Crippen molar-refractivity contribution in [2.24, 2.45) is 0 Å². The summed E-state index contributed by atoms with van der Waals surface area (Å²) in [6.07, 6.45) is 7.33. The minimum absolute atomic E-state index is 0.919. The van der Waals surface area contributed by atoms with Gasteiger partial charge in [0.25, 0.3) is 0 Å². The van der Waals surface area contributed by atoms with Crippen LogP contribution in [0, 0.1) is 0 Å². The van der Waals surface area contributed by atoms with Crippen LogP contribution in [0.25, 0.3) is 102 Å². The highest BCUT2D eigenvalue weighted by Crippen LogP contribution is 2.50. The van der Waals surface area contributed by atoms with Crippen molar-refractivity contribution in [2.45, 2.75) is 0 Å². The van der Waals surface area contributed by atoms with Crippen LogP contribution in [0.15, 0.2) is 322 Å². The smallest absolute Gasteiger partial charge is 0.116 e. The standard InChI is InChI=1S/C81H53N7S/c1-5-19-58(20-6-1)86(59-21-7-2-8-22-59)77-50-80-74(49-72(77)69-29-15-31-70-68(69)30-16-32-75(70)87(60-23-9-3-10-24-60)65-27-17-45-82-51-65)73-47-56(37-44-79(73)89-80)54-35-38-62(39-36-54)85(63-40-42-67-57(46-63)34-33-55-18-13-14-28-66(55)67)64-41-43-71-76(48-64)88(61-25-11-4-12-26-61)78-52-83-53-84-81(71)78/h1-53H. The molecule has 0 saturated heterocycles. The number of fused-ring (bicyclic) bond motifs is 10. The molecule has 0 saturated carbocycles. The van der Waals surface area contributed by atoms with Crippen LogP contribution in [0.3, 0.4) is 0 Å². The van der Waals surface area contributed by atoms with Gasteiger partial charge in [-0.15, -0.1) is 11.3 Å². The summed E-state index contributed by atoms with van der Waals surface area (Å²) in [5.74, 6) is 0. The molecule has 7 nitrogen and oxygen atoms in total. The first-order chi connectivity index (χ1) is 44.1. The Morgan fingerprint density at radius 2 is 0.899 bits per heavy atom. The van der Waals surface area contributed by atoms with Gasteiger partial charge in [-0.3, -0.25) is 4.98 Å². The number of nitrogens with zero attached hydrogens (tertiary/aromatic N) is 7. The van der Waals surface area contributed by atoms with Gasteiger partial charge in [0, 0.05) is 82.5 Å². The Morgan fingerprint density at radius 3 is 1.65 bits per heavy atom. The highest BCUT2D eigenvalue weighted by atomic mass is 32.1. The van der Waals surface area contributed by atoms with Gasteiger partial charge in [-0.25, -0.2) is 9.97 Å². The minimum Gasteiger partial charge on any atom is -0.310 e. The van der Waals surface area contributed by atoms with E-state index in [9.17, 15) is 0 Å². The molecule has 0 N–H and O–H groups in total. The average molecular weight is 1160 g/mol. The fourth-order valence-electron chi connectivity index (χ4n) is 13.3. The van der Waals surface area contributed by atoms with Crippen molar-refractivity contribution in [2.75, 3.05) is 14.7 Å². The second-order valence-corrected chi connectivity index (χ2v) is 23.5. The number of benzene rings is 13. The number of thiophene rings is 1. The molecule has 4 heterocycles. The molecule has 4 aromatic heterocycles. The van der Waals surface area contributed by atoms with Crippen LogP contribution in [-0.4, -0.2) is 19.5 Å². The van der Waals surface area contributed by atoms with Gasteiger partial charge in [0.15, 0.2) is 0 Å². The molecule has 0 aliphatic heterocycles. The van der Waals surface area contributed by atoms with E-state index in [2.05, 4.69) is 320 Å². The lowest BCUT2D eigenvalue weighted by molar-refractivity contribution is 1.14. The van der Waals surface area contributed by atoms with Crippen LogP contribution in [0.5, 0.6) is 0 Å². The summed E-state index contributed by atoms with van der Waals surface area (Å²) in [6.45, 7) is 0. The molecule has 0 radical (unpaired) electrons. The molecule has 0 aliphatic carbocycles. The van der Waals surface area contributed by atoms with Gasteiger partial charge in [0.2, 0.25) is 0 Å². The quantitative estimate of drug-likeness (QED) is 0.114. The van der Waals surface area contributed by atoms with Gasteiger partial charge in [-0.1, -0.05) is 164 Å². The number of pyridine rings is 1. The number of rotatable bonds is 12. The van der Waals surface area contributed by atoms with Crippen LogP contribution < -0.4 is 14.7 Å². The fraction of sp³-hybridized carbons (Fsp3) is 0. The zero-order chi connectivity index (χ0) is 58.8. The van der Waals surface area contributed by atoms with E-state index >= 15 is 0 Å². The predicted molar refractivity (Wildman–Crippen MR) is 374 cm³/mol. The summed E-state index contributed by atoms with van der Waals surface area (Å²) in [6, 6.07) is 108. The van der Waals surface area contributed by atoms with E-state index in [1.807, 2.05) is 36.0 Å². The van der Waals surface area contributed by atoms with Gasteiger partial charge in [-0.2, -0.15) is 0 Å². The molecular formula is C81H53N7S. The molecule has 13 aromatic carbocycles. The van der Waals surface area contributed by atoms with Crippen molar-refractivity contribution >= 4 is 137 Å². The van der Waals surface area contributed by atoms with Crippen molar-refractivity contribution in [3.05, 3.63) is 322 Å². The number of hydrogen-bond donors (Lipinski definition) is 0. The molecule has 0 spiro atoms. The van der Waals surface area contributed by atoms with Crippen molar-refractivity contribution < 1.29 is 0 Å². The van der Waals surface area contributed by atoms with Crippen LogP contribution >= 0.6 is 11.3 Å². The third-order valence-corrected chi connectivity index (χ3v) is 18.5. The molecule has 0 bridgehead atoms. The molecule has 0 atom stereocenters. The molecule has 0 fully saturated rings. The maximum absolute atomic E-state index is 4.81. The molecule has 0 amide bonds. The Labute approximate surface area is 518 Å². The zero-order valence-corrected chi connectivity index (χ0v) is 49.0. The first-order valence-electron chi connectivity index (χ1n) is 29.9. The Kier molecular flexibility index (Phi) is 12.6. The Balaban J connectivity index is 0.823. The first-order valence-corrected chi connectivity index (χ1v) is 30.8. The van der Waals surface area contributed by atoms with E-state index < -0.39 is 0 Å². The second kappa shape index (κ2) is 21.7. The summed E-state index contributed by atoms with van der Waals surface area (Å²) in [5.41, 5.74) is 18.1. The van der Waals surface area contributed by atoms with Gasteiger partial charge in [-0.05, 0) is 177 Å². The maximum Gasteiger partial charge on any atom is 0.116 e. The van der Waals surface area contributed by atoms with Gasteiger partial charge in [0.05, 0.1) is 46.0 Å².